The van der Waals surface area contributed by atoms with Crippen LogP contribution >= 0.6 is 0 Å². The molecule has 5 heteroatoms. The van der Waals surface area contributed by atoms with Gasteiger partial charge in [-0.25, -0.2) is 0 Å². The van der Waals surface area contributed by atoms with E-state index >= 15 is 0 Å². The number of furan rings is 1. The van der Waals surface area contributed by atoms with Crippen molar-refractivity contribution in [3.05, 3.63) is 23.7 Å². The van der Waals surface area contributed by atoms with E-state index < -0.39 is 5.60 Å². The van der Waals surface area contributed by atoms with Crippen LogP contribution in [0.2, 0.25) is 0 Å². The first-order chi connectivity index (χ1) is 12.0. The average Bonchev–Trinajstić information content (AvgIpc) is 3.03. The van der Waals surface area contributed by atoms with Crippen LogP contribution in [0, 0.1) is 11.8 Å². The van der Waals surface area contributed by atoms with Crippen molar-refractivity contribution in [1.82, 2.24) is 4.90 Å². The van der Waals surface area contributed by atoms with Crippen LogP contribution in [0.1, 0.15) is 57.2 Å². The summed E-state index contributed by atoms with van der Waals surface area (Å²) in [6.07, 6.45) is 3.92. The molecule has 5 atom stereocenters. The summed E-state index contributed by atoms with van der Waals surface area (Å²) in [5.74, 6) is 2.76. The third kappa shape index (κ3) is 3.80. The van der Waals surface area contributed by atoms with Crippen LogP contribution in [0.25, 0.3) is 0 Å². The lowest BCUT2D eigenvalue weighted by Crippen LogP contribution is -2.51. The van der Waals surface area contributed by atoms with Crippen molar-refractivity contribution in [3.63, 3.8) is 0 Å². The minimum absolute atomic E-state index is 0.139. The molecule has 4 rings (SSSR count). The van der Waals surface area contributed by atoms with E-state index in [2.05, 4.69) is 17.9 Å². The maximum atomic E-state index is 11.0. The molecule has 140 valence electrons. The Morgan fingerprint density at radius 2 is 2.04 bits per heavy atom. The fraction of sp³-hybridized carbons (Fsp3) is 0.800. The van der Waals surface area contributed by atoms with Crippen molar-refractivity contribution < 1.29 is 19.0 Å². The van der Waals surface area contributed by atoms with E-state index in [1.165, 1.54) is 6.42 Å². The molecule has 1 aliphatic carbocycles. The van der Waals surface area contributed by atoms with E-state index in [4.69, 9.17) is 13.9 Å². The van der Waals surface area contributed by atoms with Gasteiger partial charge in [0.25, 0.3) is 0 Å². The summed E-state index contributed by atoms with van der Waals surface area (Å²) in [6, 6.07) is 4.08. The zero-order chi connectivity index (χ0) is 17.4. The molecule has 0 bridgehead atoms. The maximum absolute atomic E-state index is 11.0. The molecule has 1 aromatic rings. The number of rotatable bonds is 3. The monoisotopic (exact) mass is 349 g/mol. The number of ether oxygens (including phenoxy) is 2. The van der Waals surface area contributed by atoms with Crippen LogP contribution in [-0.2, 0) is 16.0 Å². The lowest BCUT2D eigenvalue weighted by atomic mass is 9.69. The first kappa shape index (κ1) is 17.5. The van der Waals surface area contributed by atoms with Crippen molar-refractivity contribution in [3.8, 4) is 0 Å². The lowest BCUT2D eigenvalue weighted by molar-refractivity contribution is -0.201. The summed E-state index contributed by atoms with van der Waals surface area (Å²) in [5.41, 5.74) is -0.676. The predicted molar refractivity (Wildman–Crippen MR) is 94.2 cm³/mol. The zero-order valence-electron chi connectivity index (χ0n) is 15.4. The Kier molecular flexibility index (Phi) is 4.93. The van der Waals surface area contributed by atoms with Gasteiger partial charge in [-0.3, -0.25) is 4.90 Å². The van der Waals surface area contributed by atoms with E-state index in [0.29, 0.717) is 12.3 Å². The molecule has 3 aliphatic rings. The summed E-state index contributed by atoms with van der Waals surface area (Å²) in [5, 5.41) is 11.0. The van der Waals surface area contributed by atoms with Crippen molar-refractivity contribution >= 4 is 0 Å². The molecule has 5 nitrogen and oxygen atoms in total. The molecule has 0 spiro atoms. The van der Waals surface area contributed by atoms with Gasteiger partial charge in [0.2, 0.25) is 0 Å². The second-order valence-corrected chi connectivity index (χ2v) is 8.44. The van der Waals surface area contributed by atoms with Crippen LogP contribution in [0.4, 0.5) is 0 Å². The quantitative estimate of drug-likeness (QED) is 0.909. The van der Waals surface area contributed by atoms with Gasteiger partial charge in [-0.2, -0.15) is 0 Å². The molecular weight excluding hydrogens is 318 g/mol. The van der Waals surface area contributed by atoms with Gasteiger partial charge < -0.3 is 19.0 Å². The molecule has 2 aliphatic heterocycles. The Morgan fingerprint density at radius 1 is 1.24 bits per heavy atom. The summed E-state index contributed by atoms with van der Waals surface area (Å²) >= 11 is 0. The summed E-state index contributed by atoms with van der Waals surface area (Å²) < 4.78 is 17.9. The smallest absolute Gasteiger partial charge is 0.133 e. The Bertz CT molecular complexity index is 578. The fourth-order valence-corrected chi connectivity index (χ4v) is 4.78. The fourth-order valence-electron chi connectivity index (χ4n) is 4.78. The van der Waals surface area contributed by atoms with Gasteiger partial charge in [0, 0.05) is 25.4 Å². The second kappa shape index (κ2) is 7.03. The third-order valence-electron chi connectivity index (χ3n) is 6.27. The van der Waals surface area contributed by atoms with Gasteiger partial charge in [-0.05, 0) is 37.8 Å². The Hall–Kier alpha value is -0.880. The normalized spacial score (nSPS) is 40.0. The molecule has 3 heterocycles. The van der Waals surface area contributed by atoms with Crippen molar-refractivity contribution in [2.75, 3.05) is 26.3 Å². The van der Waals surface area contributed by atoms with Crippen LogP contribution < -0.4 is 0 Å². The average molecular weight is 349 g/mol. The first-order valence-corrected chi connectivity index (χ1v) is 9.78. The van der Waals surface area contributed by atoms with Crippen LogP contribution in [-0.4, -0.2) is 48.0 Å². The van der Waals surface area contributed by atoms with Gasteiger partial charge in [0.1, 0.15) is 17.6 Å². The van der Waals surface area contributed by atoms with Gasteiger partial charge in [0.05, 0.1) is 31.5 Å². The highest BCUT2D eigenvalue weighted by Gasteiger charge is 2.48. The van der Waals surface area contributed by atoms with E-state index in [-0.39, 0.29) is 18.1 Å². The first-order valence-electron chi connectivity index (χ1n) is 9.78. The molecule has 3 fully saturated rings. The molecule has 0 radical (unpaired) electrons. The number of nitrogens with zero attached hydrogens (tertiary/aromatic N) is 1. The summed E-state index contributed by atoms with van der Waals surface area (Å²) in [6.45, 7) is 8.57. The molecular formula is C20H31NO4. The van der Waals surface area contributed by atoms with Crippen LogP contribution in [0.15, 0.2) is 16.5 Å². The minimum atomic E-state index is -0.676. The number of fused-ring (bicyclic) bond motifs is 1. The van der Waals surface area contributed by atoms with Crippen molar-refractivity contribution in [1.29, 1.82) is 0 Å². The summed E-state index contributed by atoms with van der Waals surface area (Å²) in [4.78, 5) is 2.35. The lowest BCUT2D eigenvalue weighted by Gasteiger charge is -2.49. The van der Waals surface area contributed by atoms with E-state index in [0.717, 1.165) is 57.2 Å². The van der Waals surface area contributed by atoms with Crippen LogP contribution in [0.5, 0.6) is 0 Å². The summed E-state index contributed by atoms with van der Waals surface area (Å²) in [7, 11) is 0. The number of morpholine rings is 1. The molecule has 0 unspecified atom stereocenters. The van der Waals surface area contributed by atoms with Gasteiger partial charge in [0.15, 0.2) is 0 Å². The topological polar surface area (TPSA) is 55.1 Å². The Labute approximate surface area is 150 Å². The highest BCUT2D eigenvalue weighted by Crippen LogP contribution is 2.47. The number of hydrogen-bond acceptors (Lipinski definition) is 5. The highest BCUT2D eigenvalue weighted by atomic mass is 16.5. The molecule has 25 heavy (non-hydrogen) atoms. The molecule has 1 saturated carbocycles. The SMILES string of the molecule is C[C@@H]1CC[C@@H]2[C@@H](C1)O[C@@H](c1ccc(CN3CCOCC3)o1)C[C@@]2(C)O. The van der Waals surface area contributed by atoms with Crippen molar-refractivity contribution in [2.24, 2.45) is 11.8 Å². The molecule has 2 saturated heterocycles. The molecule has 1 aromatic heterocycles. The molecule has 1 N–H and O–H groups in total. The maximum Gasteiger partial charge on any atom is 0.133 e. The van der Waals surface area contributed by atoms with E-state index in [1.807, 2.05) is 13.0 Å². The zero-order valence-corrected chi connectivity index (χ0v) is 15.4. The Morgan fingerprint density at radius 3 is 2.84 bits per heavy atom. The van der Waals surface area contributed by atoms with Gasteiger partial charge >= 0.3 is 0 Å². The number of aliphatic hydroxyl groups is 1. The van der Waals surface area contributed by atoms with Gasteiger partial charge in [-0.15, -0.1) is 0 Å². The second-order valence-electron chi connectivity index (χ2n) is 8.44. The Balaban J connectivity index is 1.44. The molecule has 0 amide bonds. The minimum Gasteiger partial charge on any atom is -0.462 e. The third-order valence-corrected chi connectivity index (χ3v) is 6.27. The van der Waals surface area contributed by atoms with Crippen molar-refractivity contribution in [2.45, 2.75) is 63.9 Å². The highest BCUT2D eigenvalue weighted by molar-refractivity contribution is 5.12. The van der Waals surface area contributed by atoms with E-state index in [9.17, 15) is 5.11 Å². The number of hydrogen-bond donors (Lipinski definition) is 1. The standard InChI is InChI=1S/C20H31NO4/c1-14-3-5-16-18(11-14)25-19(12-20(16,2)22)17-6-4-15(24-17)13-21-7-9-23-10-8-21/h4,6,14,16,18-19,22H,3,5,7-13H2,1-2H3/t14-,16-,18-,19-,20-/m1/s1. The van der Waals surface area contributed by atoms with Crippen LogP contribution in [0.3, 0.4) is 0 Å². The molecule has 0 aromatic carbocycles. The van der Waals surface area contributed by atoms with Gasteiger partial charge in [-0.1, -0.05) is 13.3 Å². The predicted octanol–water partition coefficient (Wildman–Crippen LogP) is 3.13. The largest absolute Gasteiger partial charge is 0.462 e. The van der Waals surface area contributed by atoms with E-state index in [1.54, 1.807) is 0 Å².